The molecule has 0 radical (unpaired) electrons. The van der Waals surface area contributed by atoms with Crippen molar-refractivity contribution in [2.75, 3.05) is 11.9 Å². The molecule has 0 aliphatic carbocycles. The summed E-state index contributed by atoms with van der Waals surface area (Å²) in [5.41, 5.74) is 12.4. The van der Waals surface area contributed by atoms with Crippen LogP contribution in [0.1, 0.15) is 28.8 Å². The van der Waals surface area contributed by atoms with Crippen molar-refractivity contribution in [3.63, 3.8) is 0 Å². The molecule has 7 N–H and O–H groups in total. The SMILES string of the molecule is NC(=O)NCCC[C@H](N)C(=O)Nc1ccc2c(c1)C(=O)OC2.O=C(O)C(F)(F)F. The van der Waals surface area contributed by atoms with Crippen LogP contribution >= 0.6 is 0 Å². The second-order valence-corrected chi connectivity index (χ2v) is 5.78. The Morgan fingerprint density at radius 2 is 1.90 bits per heavy atom. The highest BCUT2D eigenvalue weighted by atomic mass is 19.4. The van der Waals surface area contributed by atoms with Crippen LogP contribution in [0.4, 0.5) is 23.7 Å². The zero-order valence-electron chi connectivity index (χ0n) is 14.9. The molecule has 1 aromatic rings. The average Bonchev–Trinajstić information content (AvgIpc) is 2.98. The maximum absolute atomic E-state index is 12.0. The molecule has 29 heavy (non-hydrogen) atoms. The third-order valence-electron chi connectivity index (χ3n) is 3.53. The molecule has 1 aliphatic rings. The van der Waals surface area contributed by atoms with Crippen LogP contribution in [0.25, 0.3) is 0 Å². The zero-order valence-corrected chi connectivity index (χ0v) is 14.9. The number of cyclic esters (lactones) is 1. The zero-order chi connectivity index (χ0) is 22.2. The van der Waals surface area contributed by atoms with E-state index in [0.717, 1.165) is 5.56 Å². The summed E-state index contributed by atoms with van der Waals surface area (Å²) in [6.07, 6.45) is -4.15. The average molecular weight is 420 g/mol. The van der Waals surface area contributed by atoms with Crippen molar-refractivity contribution in [3.05, 3.63) is 29.3 Å². The Morgan fingerprint density at radius 1 is 1.28 bits per heavy atom. The number of carboxylic acids is 1. The standard InChI is InChI=1S/C14H18N4O4.C2HF3O2/c15-11(2-1-5-17-14(16)21)12(19)18-9-4-3-8-7-22-13(20)10(8)6-9;3-2(4,5)1(6)7/h3-4,6,11H,1-2,5,7,15H2,(H,18,19)(H3,16,17,21);(H,6,7)/t11-;/m0./s1. The van der Waals surface area contributed by atoms with E-state index in [1.165, 1.54) is 0 Å². The van der Waals surface area contributed by atoms with Gasteiger partial charge in [0, 0.05) is 17.8 Å². The topological polar surface area (TPSA) is 174 Å². The number of rotatable bonds is 6. The van der Waals surface area contributed by atoms with E-state index in [9.17, 15) is 27.6 Å². The molecular weight excluding hydrogens is 401 g/mol. The number of carboxylic acid groups (broad SMARTS) is 1. The Bertz CT molecular complexity index is 784. The van der Waals surface area contributed by atoms with Gasteiger partial charge in [-0.1, -0.05) is 6.07 Å². The van der Waals surface area contributed by atoms with Crippen molar-refractivity contribution in [2.45, 2.75) is 31.7 Å². The highest BCUT2D eigenvalue weighted by molar-refractivity contribution is 5.98. The predicted octanol–water partition coefficient (Wildman–Crippen LogP) is 0.705. The number of hydrogen-bond donors (Lipinski definition) is 5. The third-order valence-corrected chi connectivity index (χ3v) is 3.53. The van der Waals surface area contributed by atoms with Crippen LogP contribution in [0, 0.1) is 0 Å². The summed E-state index contributed by atoms with van der Waals surface area (Å²) in [7, 11) is 0. The van der Waals surface area contributed by atoms with Gasteiger partial charge in [-0.3, -0.25) is 4.79 Å². The van der Waals surface area contributed by atoms with E-state index in [-0.39, 0.29) is 12.5 Å². The summed E-state index contributed by atoms with van der Waals surface area (Å²) < 4.78 is 36.6. The highest BCUT2D eigenvalue weighted by Gasteiger charge is 2.38. The predicted molar refractivity (Wildman–Crippen MR) is 92.7 cm³/mol. The Kier molecular flexibility index (Phi) is 8.38. The number of ether oxygens (including phenoxy) is 1. The second-order valence-electron chi connectivity index (χ2n) is 5.78. The van der Waals surface area contributed by atoms with Crippen LogP contribution in [-0.2, 0) is 20.9 Å². The Hall–Kier alpha value is -3.35. The van der Waals surface area contributed by atoms with Gasteiger partial charge < -0.3 is 31.9 Å². The van der Waals surface area contributed by atoms with Crippen LogP contribution in [0.2, 0.25) is 0 Å². The summed E-state index contributed by atoms with van der Waals surface area (Å²) in [4.78, 5) is 42.8. The number of benzene rings is 1. The van der Waals surface area contributed by atoms with Crippen LogP contribution in [-0.4, -0.2) is 47.7 Å². The van der Waals surface area contributed by atoms with Crippen LogP contribution in [0.3, 0.4) is 0 Å². The van der Waals surface area contributed by atoms with E-state index in [0.29, 0.717) is 30.6 Å². The summed E-state index contributed by atoms with van der Waals surface area (Å²) >= 11 is 0. The minimum Gasteiger partial charge on any atom is -0.475 e. The van der Waals surface area contributed by atoms with Crippen molar-refractivity contribution in [1.29, 1.82) is 0 Å². The molecule has 3 amide bonds. The molecule has 0 aromatic heterocycles. The molecule has 0 saturated heterocycles. The minimum absolute atomic E-state index is 0.259. The van der Waals surface area contributed by atoms with Crippen LogP contribution in [0.5, 0.6) is 0 Å². The number of aliphatic carboxylic acids is 1. The molecule has 0 fully saturated rings. The minimum atomic E-state index is -5.08. The van der Waals surface area contributed by atoms with Crippen LogP contribution < -0.4 is 22.1 Å². The number of alkyl halides is 3. The van der Waals surface area contributed by atoms with Crippen molar-refractivity contribution >= 4 is 29.6 Å². The number of nitrogens with two attached hydrogens (primary N) is 2. The van der Waals surface area contributed by atoms with Gasteiger partial charge >= 0.3 is 24.1 Å². The Labute approximate surface area is 162 Å². The molecule has 2 rings (SSSR count). The van der Waals surface area contributed by atoms with Crippen molar-refractivity contribution in [3.8, 4) is 0 Å². The fourth-order valence-electron chi connectivity index (χ4n) is 2.09. The van der Waals surface area contributed by atoms with Gasteiger partial charge in [-0.2, -0.15) is 13.2 Å². The smallest absolute Gasteiger partial charge is 0.475 e. The second kappa shape index (κ2) is 10.3. The highest BCUT2D eigenvalue weighted by Crippen LogP contribution is 2.23. The fraction of sp³-hybridized carbons (Fsp3) is 0.375. The number of amides is 3. The number of halogens is 3. The molecule has 1 aromatic carbocycles. The molecule has 1 atom stereocenters. The van der Waals surface area contributed by atoms with E-state index < -0.39 is 30.2 Å². The first kappa shape index (κ1) is 23.7. The van der Waals surface area contributed by atoms with Gasteiger partial charge in [0.05, 0.1) is 11.6 Å². The number of anilines is 1. The normalized spacial score (nSPS) is 13.3. The molecule has 0 unspecified atom stereocenters. The van der Waals surface area contributed by atoms with Gasteiger partial charge in [-0.15, -0.1) is 0 Å². The van der Waals surface area contributed by atoms with Crippen LogP contribution in [0.15, 0.2) is 18.2 Å². The lowest BCUT2D eigenvalue weighted by molar-refractivity contribution is -0.192. The molecule has 0 saturated carbocycles. The lowest BCUT2D eigenvalue weighted by atomic mass is 10.1. The number of hydrogen-bond acceptors (Lipinski definition) is 6. The number of esters is 1. The first-order valence-corrected chi connectivity index (χ1v) is 8.11. The van der Waals surface area contributed by atoms with Crippen molar-refractivity contribution in [2.24, 2.45) is 11.5 Å². The molecule has 0 spiro atoms. The number of urea groups is 1. The van der Waals surface area contributed by atoms with E-state index >= 15 is 0 Å². The molecule has 1 aliphatic heterocycles. The fourth-order valence-corrected chi connectivity index (χ4v) is 2.09. The number of carbonyl (C=O) groups is 4. The van der Waals surface area contributed by atoms with Crippen molar-refractivity contribution in [1.82, 2.24) is 5.32 Å². The maximum atomic E-state index is 12.0. The summed E-state index contributed by atoms with van der Waals surface area (Å²) in [6, 6.07) is 3.68. The largest absolute Gasteiger partial charge is 0.490 e. The monoisotopic (exact) mass is 420 g/mol. The summed E-state index contributed by atoms with van der Waals surface area (Å²) in [6.45, 7) is 0.621. The van der Waals surface area contributed by atoms with Gasteiger partial charge in [0.15, 0.2) is 0 Å². The van der Waals surface area contributed by atoms with E-state index in [4.69, 9.17) is 26.1 Å². The van der Waals surface area contributed by atoms with Gasteiger partial charge in [0.2, 0.25) is 5.91 Å². The summed E-state index contributed by atoms with van der Waals surface area (Å²) in [5.74, 6) is -3.51. The Balaban J connectivity index is 0.000000516. The third kappa shape index (κ3) is 8.04. The lowest BCUT2D eigenvalue weighted by Gasteiger charge is -2.12. The first-order chi connectivity index (χ1) is 13.4. The quantitative estimate of drug-likeness (QED) is 0.333. The number of nitrogens with one attached hydrogen (secondary N) is 2. The lowest BCUT2D eigenvalue weighted by Crippen LogP contribution is -2.37. The first-order valence-electron chi connectivity index (χ1n) is 8.11. The van der Waals surface area contributed by atoms with E-state index in [1.807, 2.05) is 0 Å². The molecule has 160 valence electrons. The van der Waals surface area contributed by atoms with Gasteiger partial charge in [-0.25, -0.2) is 14.4 Å². The van der Waals surface area contributed by atoms with Gasteiger partial charge in [-0.05, 0) is 25.0 Å². The number of fused-ring (bicyclic) bond motifs is 1. The molecule has 1 heterocycles. The van der Waals surface area contributed by atoms with E-state index in [1.54, 1.807) is 18.2 Å². The van der Waals surface area contributed by atoms with E-state index in [2.05, 4.69) is 10.6 Å². The van der Waals surface area contributed by atoms with Crippen molar-refractivity contribution < 1.29 is 42.2 Å². The molecule has 13 heteroatoms. The molecule has 10 nitrogen and oxygen atoms in total. The maximum Gasteiger partial charge on any atom is 0.490 e. The summed E-state index contributed by atoms with van der Waals surface area (Å²) in [5, 5.41) is 12.2. The molecule has 0 bridgehead atoms. The number of primary amides is 1. The van der Waals surface area contributed by atoms with Gasteiger partial charge in [0.1, 0.15) is 6.61 Å². The molecular formula is C16H19F3N4O6. The van der Waals surface area contributed by atoms with Gasteiger partial charge in [0.25, 0.3) is 0 Å². The number of carbonyl (C=O) groups excluding carboxylic acids is 3. The Morgan fingerprint density at radius 3 is 2.45 bits per heavy atom.